The van der Waals surface area contributed by atoms with E-state index in [9.17, 15) is 23.6 Å². The van der Waals surface area contributed by atoms with Gasteiger partial charge in [0.15, 0.2) is 0 Å². The number of hydrogen-bond acceptors (Lipinski definition) is 6. The van der Waals surface area contributed by atoms with Gasteiger partial charge in [-0.3, -0.25) is 19.2 Å². The van der Waals surface area contributed by atoms with E-state index in [-0.39, 0.29) is 48.7 Å². The van der Waals surface area contributed by atoms with Crippen LogP contribution in [0.15, 0.2) is 54.9 Å². The average molecular weight is 505 g/mol. The van der Waals surface area contributed by atoms with Gasteiger partial charge in [-0.1, -0.05) is 24.3 Å². The minimum Gasteiger partial charge on any atom is -0.353 e. The number of halogens is 1. The molecule has 1 saturated heterocycles. The van der Waals surface area contributed by atoms with Crippen LogP contribution in [0.4, 0.5) is 4.39 Å². The molecule has 10 nitrogen and oxygen atoms in total. The lowest BCUT2D eigenvalue weighted by molar-refractivity contribution is -0.123. The Bertz CT molecular complexity index is 1350. The van der Waals surface area contributed by atoms with Crippen molar-refractivity contribution in [2.75, 3.05) is 19.6 Å². The highest BCUT2D eigenvalue weighted by molar-refractivity contribution is 5.98. The van der Waals surface area contributed by atoms with Crippen molar-refractivity contribution in [1.82, 2.24) is 30.8 Å². The second-order valence-electron chi connectivity index (χ2n) is 8.51. The summed E-state index contributed by atoms with van der Waals surface area (Å²) in [7, 11) is 0. The molecular weight excluding hydrogens is 479 g/mol. The van der Waals surface area contributed by atoms with Crippen LogP contribution in [0.25, 0.3) is 0 Å². The van der Waals surface area contributed by atoms with Gasteiger partial charge in [0.1, 0.15) is 23.5 Å². The molecule has 1 aromatic heterocycles. The number of benzene rings is 2. The number of aryl methyl sites for hydroxylation is 1. The lowest BCUT2D eigenvalue weighted by atomic mass is 10.1. The second kappa shape index (κ2) is 11.4. The Hall–Kier alpha value is -4.67. The Morgan fingerprint density at radius 2 is 1.57 bits per heavy atom. The van der Waals surface area contributed by atoms with Gasteiger partial charge in [-0.05, 0) is 41.8 Å². The number of nitrogens with zero attached hydrogens (tertiary/aromatic N) is 3. The zero-order valence-corrected chi connectivity index (χ0v) is 20.1. The molecule has 0 bridgehead atoms. The Morgan fingerprint density at radius 1 is 0.946 bits per heavy atom. The summed E-state index contributed by atoms with van der Waals surface area (Å²) in [5.74, 6) is -1.73. The van der Waals surface area contributed by atoms with Crippen LogP contribution < -0.4 is 16.0 Å². The number of amides is 4. The van der Waals surface area contributed by atoms with E-state index < -0.39 is 11.8 Å². The summed E-state index contributed by atoms with van der Waals surface area (Å²) in [5.41, 5.74) is 2.45. The molecule has 1 aliphatic heterocycles. The SMILES string of the molecule is Cc1cc(CNC(=O)c2cc(C(=O)NCc3ccc(C(=O)N4CCNC(=O)C4)cc3)ncn2)ccc1F. The first kappa shape index (κ1) is 25.4. The minimum atomic E-state index is -0.495. The van der Waals surface area contributed by atoms with Gasteiger partial charge in [-0.15, -0.1) is 0 Å². The van der Waals surface area contributed by atoms with Crippen molar-refractivity contribution in [2.45, 2.75) is 20.0 Å². The molecule has 0 spiro atoms. The molecule has 3 N–H and O–H groups in total. The van der Waals surface area contributed by atoms with Crippen molar-refractivity contribution in [3.8, 4) is 0 Å². The molecule has 190 valence electrons. The topological polar surface area (TPSA) is 133 Å². The predicted octanol–water partition coefficient (Wildman–Crippen LogP) is 1.36. The van der Waals surface area contributed by atoms with Crippen molar-refractivity contribution in [1.29, 1.82) is 0 Å². The van der Waals surface area contributed by atoms with Crippen LogP contribution >= 0.6 is 0 Å². The molecule has 1 aliphatic rings. The maximum absolute atomic E-state index is 13.4. The Morgan fingerprint density at radius 3 is 2.19 bits per heavy atom. The summed E-state index contributed by atoms with van der Waals surface area (Å²) >= 11 is 0. The normalized spacial score (nSPS) is 13.0. The van der Waals surface area contributed by atoms with Gasteiger partial charge in [-0.2, -0.15) is 0 Å². The summed E-state index contributed by atoms with van der Waals surface area (Å²) in [6.07, 6.45) is 1.13. The standard InChI is InChI=1S/C26H25FN6O4/c1-16-10-18(4-7-20(16)27)13-30-25(36)22-11-21(31-15-32-22)24(35)29-12-17-2-5-19(6-3-17)26(37)33-9-8-28-23(34)14-33/h2-7,10-11,15H,8-9,12-14H2,1H3,(H,28,34)(H,29,35)(H,30,36). The van der Waals surface area contributed by atoms with Gasteiger partial charge in [-0.25, -0.2) is 14.4 Å². The van der Waals surface area contributed by atoms with Gasteiger partial charge in [0.25, 0.3) is 17.7 Å². The Labute approximate surface area is 212 Å². The fraction of sp³-hybridized carbons (Fsp3) is 0.231. The first-order valence-corrected chi connectivity index (χ1v) is 11.6. The van der Waals surface area contributed by atoms with E-state index in [4.69, 9.17) is 0 Å². The third-order valence-electron chi connectivity index (χ3n) is 5.79. The number of carbonyl (C=O) groups is 4. The molecule has 3 aromatic rings. The van der Waals surface area contributed by atoms with Crippen LogP contribution in [-0.2, 0) is 17.9 Å². The molecule has 1 fully saturated rings. The number of nitrogens with one attached hydrogen (secondary N) is 3. The monoisotopic (exact) mass is 504 g/mol. The third-order valence-corrected chi connectivity index (χ3v) is 5.79. The van der Waals surface area contributed by atoms with E-state index in [0.29, 0.717) is 24.2 Å². The molecule has 4 rings (SSSR count). The van der Waals surface area contributed by atoms with E-state index in [2.05, 4.69) is 25.9 Å². The van der Waals surface area contributed by atoms with Crippen LogP contribution in [0.5, 0.6) is 0 Å². The first-order chi connectivity index (χ1) is 17.8. The summed E-state index contributed by atoms with van der Waals surface area (Å²) in [6.45, 7) is 2.90. The fourth-order valence-corrected chi connectivity index (χ4v) is 3.73. The molecule has 0 atom stereocenters. The van der Waals surface area contributed by atoms with Crippen LogP contribution in [0.3, 0.4) is 0 Å². The molecule has 2 aromatic carbocycles. The minimum absolute atomic E-state index is 0.0212. The fourth-order valence-electron chi connectivity index (χ4n) is 3.73. The molecule has 0 aliphatic carbocycles. The van der Waals surface area contributed by atoms with Crippen LogP contribution in [0.2, 0.25) is 0 Å². The third kappa shape index (κ3) is 6.51. The average Bonchev–Trinajstić information content (AvgIpc) is 2.92. The van der Waals surface area contributed by atoms with Gasteiger partial charge in [0, 0.05) is 37.8 Å². The second-order valence-corrected chi connectivity index (χ2v) is 8.51. The number of hydrogen-bond donors (Lipinski definition) is 3. The Balaban J connectivity index is 1.31. The van der Waals surface area contributed by atoms with E-state index in [0.717, 1.165) is 17.5 Å². The van der Waals surface area contributed by atoms with E-state index in [1.54, 1.807) is 43.3 Å². The zero-order valence-electron chi connectivity index (χ0n) is 20.1. The molecule has 0 unspecified atom stereocenters. The lowest BCUT2D eigenvalue weighted by Gasteiger charge is -2.26. The maximum atomic E-state index is 13.4. The zero-order chi connectivity index (χ0) is 26.4. The van der Waals surface area contributed by atoms with Crippen LogP contribution in [0.1, 0.15) is 48.0 Å². The van der Waals surface area contributed by atoms with Crippen molar-refractivity contribution in [3.63, 3.8) is 0 Å². The van der Waals surface area contributed by atoms with Gasteiger partial charge < -0.3 is 20.9 Å². The first-order valence-electron chi connectivity index (χ1n) is 11.6. The molecule has 37 heavy (non-hydrogen) atoms. The quantitative estimate of drug-likeness (QED) is 0.445. The largest absolute Gasteiger partial charge is 0.353 e. The van der Waals surface area contributed by atoms with Gasteiger partial charge in [0.05, 0.1) is 6.54 Å². The smallest absolute Gasteiger partial charge is 0.270 e. The highest BCUT2D eigenvalue weighted by atomic mass is 19.1. The van der Waals surface area contributed by atoms with Crippen LogP contribution in [0, 0.1) is 12.7 Å². The molecule has 0 radical (unpaired) electrons. The summed E-state index contributed by atoms with van der Waals surface area (Å²) in [6, 6.07) is 12.6. The van der Waals surface area contributed by atoms with Gasteiger partial charge >= 0.3 is 0 Å². The van der Waals surface area contributed by atoms with Crippen LogP contribution in [-0.4, -0.2) is 58.1 Å². The van der Waals surface area contributed by atoms with Crippen molar-refractivity contribution in [2.24, 2.45) is 0 Å². The number of rotatable bonds is 7. The summed E-state index contributed by atoms with van der Waals surface area (Å²) in [4.78, 5) is 58.5. The predicted molar refractivity (Wildman–Crippen MR) is 131 cm³/mol. The molecule has 2 heterocycles. The highest BCUT2D eigenvalue weighted by Crippen LogP contribution is 2.11. The van der Waals surface area contributed by atoms with E-state index >= 15 is 0 Å². The molecule has 4 amide bonds. The van der Waals surface area contributed by atoms with Crippen molar-refractivity contribution < 1.29 is 23.6 Å². The maximum Gasteiger partial charge on any atom is 0.270 e. The Kier molecular flexibility index (Phi) is 7.82. The molecule has 0 saturated carbocycles. The van der Waals surface area contributed by atoms with Crippen molar-refractivity contribution >= 4 is 23.6 Å². The number of aromatic nitrogens is 2. The van der Waals surface area contributed by atoms with Gasteiger partial charge in [0.2, 0.25) is 5.91 Å². The van der Waals surface area contributed by atoms with E-state index in [1.807, 2.05) is 0 Å². The molecule has 11 heteroatoms. The number of piperazine rings is 1. The summed E-state index contributed by atoms with van der Waals surface area (Å²) < 4.78 is 13.4. The lowest BCUT2D eigenvalue weighted by Crippen LogP contribution is -2.49. The summed E-state index contributed by atoms with van der Waals surface area (Å²) in [5, 5.41) is 8.09. The number of carbonyl (C=O) groups excluding carboxylic acids is 4. The molecular formula is C26H25FN6O4. The van der Waals surface area contributed by atoms with E-state index in [1.165, 1.54) is 17.0 Å². The van der Waals surface area contributed by atoms with Crippen molar-refractivity contribution in [3.05, 3.63) is 94.3 Å². The highest BCUT2D eigenvalue weighted by Gasteiger charge is 2.22.